The average Bonchev–Trinajstić information content (AvgIpc) is 2.90. The van der Waals surface area contributed by atoms with Gasteiger partial charge in [-0.15, -0.1) is 11.3 Å². The summed E-state index contributed by atoms with van der Waals surface area (Å²) in [5, 5.41) is 9.99. The Bertz CT molecular complexity index is 532. The molecule has 0 atom stereocenters. The third-order valence-corrected chi connectivity index (χ3v) is 5.22. The molecule has 1 heterocycles. The molecule has 1 aliphatic rings. The van der Waals surface area contributed by atoms with Crippen LogP contribution in [0.3, 0.4) is 0 Å². The monoisotopic (exact) mass is 305 g/mol. The number of hydrogen-bond acceptors (Lipinski definition) is 3. The van der Waals surface area contributed by atoms with Crippen LogP contribution in [0.2, 0.25) is 0 Å². The summed E-state index contributed by atoms with van der Waals surface area (Å²) in [6, 6.07) is 0. The molecule has 2 nitrogen and oxygen atoms in total. The maximum Gasteiger partial charge on any atom is 0.0794 e. The summed E-state index contributed by atoms with van der Waals surface area (Å²) in [4.78, 5) is 5.53. The Labute approximate surface area is 132 Å². The number of aryl methyl sites for hydroxylation is 1. The van der Waals surface area contributed by atoms with Crippen molar-refractivity contribution in [3.05, 3.63) is 38.9 Å². The van der Waals surface area contributed by atoms with Crippen LogP contribution in [0.5, 0.6) is 0 Å². The molecule has 1 N–H and O–H groups in total. The van der Waals surface area contributed by atoms with Gasteiger partial charge in [0.2, 0.25) is 0 Å². The number of aromatic nitrogens is 1. The van der Waals surface area contributed by atoms with E-state index in [1.807, 2.05) is 25.6 Å². The zero-order chi connectivity index (χ0) is 15.5. The van der Waals surface area contributed by atoms with Gasteiger partial charge in [0.15, 0.2) is 0 Å². The van der Waals surface area contributed by atoms with Crippen LogP contribution in [0, 0.1) is 0 Å². The van der Waals surface area contributed by atoms with Crippen LogP contribution in [0.1, 0.15) is 64.7 Å². The molecule has 0 amide bonds. The van der Waals surface area contributed by atoms with E-state index in [4.69, 9.17) is 0 Å². The smallest absolute Gasteiger partial charge is 0.0794 e. The summed E-state index contributed by atoms with van der Waals surface area (Å²) in [7, 11) is 0. The Kier molecular flexibility index (Phi) is 5.39. The lowest BCUT2D eigenvalue weighted by Crippen LogP contribution is -2.19. The highest BCUT2D eigenvalue weighted by atomic mass is 32.1. The van der Waals surface area contributed by atoms with Gasteiger partial charge in [-0.05, 0) is 66.2 Å². The third kappa shape index (κ3) is 5.08. The summed E-state index contributed by atoms with van der Waals surface area (Å²) in [5.41, 5.74) is 7.54. The van der Waals surface area contributed by atoms with Crippen molar-refractivity contribution in [3.63, 3.8) is 0 Å². The first-order valence-electron chi connectivity index (χ1n) is 7.80. The lowest BCUT2D eigenvalue weighted by atomic mass is 9.82. The second-order valence-corrected chi connectivity index (χ2v) is 7.87. The van der Waals surface area contributed by atoms with E-state index in [1.165, 1.54) is 16.0 Å². The average molecular weight is 305 g/mol. The largest absolute Gasteiger partial charge is 0.390 e. The van der Waals surface area contributed by atoms with Crippen molar-refractivity contribution >= 4 is 11.3 Å². The number of nitrogens with zero attached hydrogens (tertiary/aromatic N) is 1. The fourth-order valence-corrected chi connectivity index (χ4v) is 3.42. The first-order valence-corrected chi connectivity index (χ1v) is 8.68. The van der Waals surface area contributed by atoms with E-state index in [0.717, 1.165) is 38.5 Å². The maximum absolute atomic E-state index is 9.99. The minimum atomic E-state index is -0.570. The Morgan fingerprint density at radius 2 is 1.71 bits per heavy atom. The van der Waals surface area contributed by atoms with Gasteiger partial charge in [0.05, 0.1) is 11.1 Å². The second kappa shape index (κ2) is 6.89. The quantitative estimate of drug-likeness (QED) is 0.746. The topological polar surface area (TPSA) is 33.1 Å². The summed E-state index contributed by atoms with van der Waals surface area (Å²) >= 11 is 1.75. The molecule has 2 rings (SSSR count). The van der Waals surface area contributed by atoms with Gasteiger partial charge in [0.1, 0.15) is 0 Å². The Morgan fingerprint density at radius 1 is 1.10 bits per heavy atom. The second-order valence-electron chi connectivity index (χ2n) is 6.90. The fraction of sp³-hybridized carbons (Fsp3) is 0.611. The standard InChI is InChI=1S/C18H27NOS/c1-13-9-15(5-6-17-11-19-12-21-17)16(10-14(13)2)7-8-18(3,4)20/h11-12,20H,5-10H2,1-4H3. The lowest BCUT2D eigenvalue weighted by Gasteiger charge is -2.25. The van der Waals surface area contributed by atoms with Crippen LogP contribution >= 0.6 is 11.3 Å². The molecule has 0 saturated carbocycles. The molecular weight excluding hydrogens is 278 g/mol. The zero-order valence-corrected chi connectivity index (χ0v) is 14.5. The fourth-order valence-electron chi connectivity index (χ4n) is 2.82. The van der Waals surface area contributed by atoms with Crippen LogP contribution in [-0.2, 0) is 6.42 Å². The lowest BCUT2D eigenvalue weighted by molar-refractivity contribution is 0.0711. The first-order chi connectivity index (χ1) is 9.85. The van der Waals surface area contributed by atoms with Crippen LogP contribution in [-0.4, -0.2) is 15.7 Å². The number of rotatable bonds is 6. The molecule has 1 aliphatic carbocycles. The predicted molar refractivity (Wildman–Crippen MR) is 90.6 cm³/mol. The molecule has 0 aromatic carbocycles. The van der Waals surface area contributed by atoms with Crippen molar-refractivity contribution in [2.24, 2.45) is 0 Å². The van der Waals surface area contributed by atoms with E-state index in [9.17, 15) is 5.11 Å². The van der Waals surface area contributed by atoms with Crippen molar-refractivity contribution in [1.82, 2.24) is 4.98 Å². The summed E-state index contributed by atoms with van der Waals surface area (Å²) in [5.74, 6) is 0. The summed E-state index contributed by atoms with van der Waals surface area (Å²) < 4.78 is 0. The minimum Gasteiger partial charge on any atom is -0.390 e. The molecule has 1 aromatic rings. The van der Waals surface area contributed by atoms with Crippen molar-refractivity contribution in [2.75, 3.05) is 0 Å². The van der Waals surface area contributed by atoms with E-state index >= 15 is 0 Å². The molecule has 0 unspecified atom stereocenters. The number of aliphatic hydroxyl groups is 1. The van der Waals surface area contributed by atoms with Gasteiger partial charge in [-0.3, -0.25) is 4.98 Å². The predicted octanol–water partition coefficient (Wildman–Crippen LogP) is 5.05. The zero-order valence-electron chi connectivity index (χ0n) is 13.7. The number of allylic oxidation sites excluding steroid dienone is 4. The molecule has 0 saturated heterocycles. The summed E-state index contributed by atoms with van der Waals surface area (Å²) in [6.07, 6.45) is 8.29. The van der Waals surface area contributed by atoms with Crippen LogP contribution in [0.4, 0.5) is 0 Å². The number of hydrogen-bond donors (Lipinski definition) is 1. The van der Waals surface area contributed by atoms with Gasteiger partial charge in [0, 0.05) is 11.1 Å². The van der Waals surface area contributed by atoms with Crippen molar-refractivity contribution < 1.29 is 5.11 Å². The van der Waals surface area contributed by atoms with Crippen LogP contribution < -0.4 is 0 Å². The van der Waals surface area contributed by atoms with Gasteiger partial charge in [-0.2, -0.15) is 0 Å². The van der Waals surface area contributed by atoms with E-state index in [-0.39, 0.29) is 0 Å². The Balaban J connectivity index is 2.05. The number of thiazole rings is 1. The summed E-state index contributed by atoms with van der Waals surface area (Å²) in [6.45, 7) is 8.32. The van der Waals surface area contributed by atoms with Gasteiger partial charge in [-0.1, -0.05) is 22.3 Å². The molecule has 3 heteroatoms. The molecule has 21 heavy (non-hydrogen) atoms. The molecule has 0 fully saturated rings. The van der Waals surface area contributed by atoms with Gasteiger partial charge >= 0.3 is 0 Å². The van der Waals surface area contributed by atoms with E-state index in [0.29, 0.717) is 0 Å². The van der Waals surface area contributed by atoms with Crippen molar-refractivity contribution in [2.45, 2.75) is 71.8 Å². The molecule has 0 aliphatic heterocycles. The van der Waals surface area contributed by atoms with E-state index in [1.54, 1.807) is 22.5 Å². The third-order valence-electron chi connectivity index (χ3n) is 4.38. The molecule has 116 valence electrons. The minimum absolute atomic E-state index is 0.570. The van der Waals surface area contributed by atoms with Crippen LogP contribution in [0.15, 0.2) is 34.0 Å². The SMILES string of the molecule is CC1=C(C)CC(CCC(C)(C)O)=C(CCc2cncs2)C1. The van der Waals surface area contributed by atoms with Crippen LogP contribution in [0.25, 0.3) is 0 Å². The highest BCUT2D eigenvalue weighted by Crippen LogP contribution is 2.35. The normalized spacial score (nSPS) is 16.8. The van der Waals surface area contributed by atoms with E-state index in [2.05, 4.69) is 18.8 Å². The highest BCUT2D eigenvalue weighted by Gasteiger charge is 2.19. The Hall–Kier alpha value is -0.930. The highest BCUT2D eigenvalue weighted by molar-refractivity contribution is 7.09. The Morgan fingerprint density at radius 3 is 2.24 bits per heavy atom. The molecule has 1 aromatic heterocycles. The molecule has 0 bridgehead atoms. The van der Waals surface area contributed by atoms with Crippen molar-refractivity contribution in [3.8, 4) is 0 Å². The van der Waals surface area contributed by atoms with Gasteiger partial charge in [-0.25, -0.2) is 0 Å². The van der Waals surface area contributed by atoms with E-state index < -0.39 is 5.60 Å². The van der Waals surface area contributed by atoms with Gasteiger partial charge in [0.25, 0.3) is 0 Å². The molecule has 0 spiro atoms. The van der Waals surface area contributed by atoms with Gasteiger partial charge < -0.3 is 5.11 Å². The maximum atomic E-state index is 9.99. The molecular formula is C18H27NOS. The molecule has 0 radical (unpaired) electrons. The first kappa shape index (κ1) is 16.4. The van der Waals surface area contributed by atoms with Crippen molar-refractivity contribution in [1.29, 1.82) is 0 Å².